The maximum atomic E-state index is 11.5. The maximum absolute atomic E-state index is 11.5. The molecule has 0 unspecified atom stereocenters. The number of fused-ring (bicyclic) bond motifs is 8. The molecular formula is C48H38N4O8. The summed E-state index contributed by atoms with van der Waals surface area (Å²) in [7, 11) is 6.13. The van der Waals surface area contributed by atoms with Crippen molar-refractivity contribution in [1.82, 2.24) is 19.9 Å². The Hall–Kier alpha value is -8.12. The molecule has 7 aromatic rings. The van der Waals surface area contributed by atoms with Crippen LogP contribution in [0.1, 0.15) is 22.8 Å². The van der Waals surface area contributed by atoms with E-state index in [0.717, 1.165) is 0 Å². The number of phenols is 4. The average Bonchev–Trinajstić information content (AvgIpc) is 4.10. The summed E-state index contributed by atoms with van der Waals surface area (Å²) in [6.07, 6.45) is 7.42. The molecule has 298 valence electrons. The van der Waals surface area contributed by atoms with Gasteiger partial charge in [0.2, 0.25) is 0 Å². The summed E-state index contributed by atoms with van der Waals surface area (Å²) in [5, 5.41) is 46.0. The fourth-order valence-corrected chi connectivity index (χ4v) is 7.74. The fourth-order valence-electron chi connectivity index (χ4n) is 7.74. The zero-order valence-corrected chi connectivity index (χ0v) is 32.9. The average molecular weight is 799 g/mol. The van der Waals surface area contributed by atoms with Gasteiger partial charge in [0.15, 0.2) is 0 Å². The summed E-state index contributed by atoms with van der Waals surface area (Å²) in [5.74, 6) is 1.77. The number of aromatic nitrogens is 4. The highest BCUT2D eigenvalue weighted by Gasteiger charge is 2.23. The number of ether oxygens (including phenoxy) is 4. The molecular weight excluding hydrogens is 761 g/mol. The van der Waals surface area contributed by atoms with Crippen LogP contribution in [0.25, 0.3) is 90.9 Å². The molecule has 8 bridgehead atoms. The van der Waals surface area contributed by atoms with Crippen molar-refractivity contribution >= 4 is 46.4 Å². The lowest BCUT2D eigenvalue weighted by molar-refractivity contribution is 0.408. The summed E-state index contributed by atoms with van der Waals surface area (Å²) < 4.78 is 21.7. The van der Waals surface area contributed by atoms with Crippen LogP contribution in [0, 0.1) is 0 Å². The minimum Gasteiger partial charge on any atom is -0.507 e. The Bertz CT molecular complexity index is 2700. The summed E-state index contributed by atoms with van der Waals surface area (Å²) in [6, 6.07) is 27.8. The number of hydrogen-bond acceptors (Lipinski definition) is 10. The summed E-state index contributed by atoms with van der Waals surface area (Å²) >= 11 is 0. The van der Waals surface area contributed by atoms with Crippen molar-refractivity contribution in [3.05, 3.63) is 120 Å². The number of aromatic amines is 2. The molecule has 0 spiro atoms. The first-order valence-electron chi connectivity index (χ1n) is 18.8. The molecule has 3 aromatic heterocycles. The van der Waals surface area contributed by atoms with Gasteiger partial charge in [-0.1, -0.05) is 0 Å². The number of nitrogens with one attached hydrogen (secondary N) is 2. The first kappa shape index (κ1) is 37.5. The van der Waals surface area contributed by atoms with Gasteiger partial charge in [0.05, 0.1) is 51.2 Å². The lowest BCUT2D eigenvalue weighted by atomic mass is 10.0. The predicted octanol–water partition coefficient (Wildman–Crippen LogP) is 10.2. The van der Waals surface area contributed by atoms with E-state index in [0.29, 0.717) is 112 Å². The van der Waals surface area contributed by atoms with Crippen molar-refractivity contribution in [3.63, 3.8) is 0 Å². The van der Waals surface area contributed by atoms with E-state index in [4.69, 9.17) is 28.9 Å². The minimum absolute atomic E-state index is 0.0327. The highest BCUT2D eigenvalue weighted by atomic mass is 16.5. The monoisotopic (exact) mass is 798 g/mol. The number of aromatic hydroxyl groups is 4. The van der Waals surface area contributed by atoms with E-state index >= 15 is 0 Å². The van der Waals surface area contributed by atoms with E-state index in [1.54, 1.807) is 72.8 Å². The molecule has 0 atom stereocenters. The summed E-state index contributed by atoms with van der Waals surface area (Å²) in [4.78, 5) is 17.5. The van der Waals surface area contributed by atoms with Gasteiger partial charge in [-0.05, 0) is 97.1 Å². The molecule has 0 radical (unpaired) electrons. The fraction of sp³-hybridized carbons (Fsp3) is 0.0833. The largest absolute Gasteiger partial charge is 0.507 e. The van der Waals surface area contributed by atoms with Crippen molar-refractivity contribution in [3.8, 4) is 90.5 Å². The normalized spacial score (nSPS) is 11.8. The van der Waals surface area contributed by atoms with Gasteiger partial charge in [-0.25, -0.2) is 9.97 Å². The highest BCUT2D eigenvalue weighted by Crippen LogP contribution is 2.45. The molecule has 9 rings (SSSR count). The lowest BCUT2D eigenvalue weighted by Gasteiger charge is -2.11. The molecule has 0 amide bonds. The molecule has 0 saturated carbocycles. The zero-order valence-electron chi connectivity index (χ0n) is 32.9. The smallest absolute Gasteiger partial charge is 0.127 e. The molecule has 2 aliphatic rings. The number of hydrogen-bond donors (Lipinski definition) is 6. The number of methoxy groups -OCH3 is 4. The first-order valence-corrected chi connectivity index (χ1v) is 18.8. The van der Waals surface area contributed by atoms with E-state index in [-0.39, 0.29) is 23.0 Å². The third kappa shape index (κ3) is 6.45. The molecule has 12 nitrogen and oxygen atoms in total. The van der Waals surface area contributed by atoms with E-state index < -0.39 is 0 Å². The Kier molecular flexibility index (Phi) is 9.36. The number of benzene rings is 4. The molecule has 5 heterocycles. The Labute approximate surface area is 343 Å². The van der Waals surface area contributed by atoms with Crippen LogP contribution in [0.15, 0.2) is 97.1 Å². The molecule has 6 N–H and O–H groups in total. The van der Waals surface area contributed by atoms with E-state index in [2.05, 4.69) is 9.97 Å². The van der Waals surface area contributed by atoms with Crippen LogP contribution in [0.3, 0.4) is 0 Å². The Morgan fingerprint density at radius 3 is 0.783 bits per heavy atom. The molecule has 2 aliphatic heterocycles. The van der Waals surface area contributed by atoms with Crippen LogP contribution in [-0.4, -0.2) is 68.8 Å². The van der Waals surface area contributed by atoms with Gasteiger partial charge < -0.3 is 49.3 Å². The zero-order chi connectivity index (χ0) is 41.7. The number of H-pyrrole nitrogens is 2. The first-order chi connectivity index (χ1) is 29.2. The van der Waals surface area contributed by atoms with Gasteiger partial charge >= 0.3 is 0 Å². The van der Waals surface area contributed by atoms with E-state index in [1.165, 1.54) is 28.4 Å². The van der Waals surface area contributed by atoms with Gasteiger partial charge in [0, 0.05) is 90.8 Å². The molecule has 0 aliphatic carbocycles. The van der Waals surface area contributed by atoms with Crippen molar-refractivity contribution in [2.24, 2.45) is 0 Å². The van der Waals surface area contributed by atoms with Crippen molar-refractivity contribution < 1.29 is 39.4 Å². The number of phenolic OH excluding ortho intramolecular Hbond substituents is 4. The van der Waals surface area contributed by atoms with Crippen LogP contribution in [0.4, 0.5) is 0 Å². The number of nitrogens with zero attached hydrogens (tertiary/aromatic N) is 2. The van der Waals surface area contributed by atoms with Gasteiger partial charge in [-0.15, -0.1) is 0 Å². The Morgan fingerprint density at radius 2 is 0.583 bits per heavy atom. The van der Waals surface area contributed by atoms with E-state index in [9.17, 15) is 20.4 Å². The van der Waals surface area contributed by atoms with Gasteiger partial charge in [0.1, 0.15) is 46.0 Å². The van der Waals surface area contributed by atoms with Gasteiger partial charge in [0.25, 0.3) is 0 Å². The summed E-state index contributed by atoms with van der Waals surface area (Å²) in [5.41, 5.74) is 8.68. The molecule has 60 heavy (non-hydrogen) atoms. The minimum atomic E-state index is -0.0327. The second-order valence-electron chi connectivity index (χ2n) is 14.0. The van der Waals surface area contributed by atoms with Crippen molar-refractivity contribution in [1.29, 1.82) is 0 Å². The highest BCUT2D eigenvalue weighted by molar-refractivity contribution is 6.01. The molecule has 0 fully saturated rings. The Balaban J connectivity index is 1.48. The molecule has 0 saturated heterocycles. The van der Waals surface area contributed by atoms with Crippen LogP contribution in [0.5, 0.6) is 46.0 Å². The maximum Gasteiger partial charge on any atom is 0.127 e. The Morgan fingerprint density at radius 1 is 0.350 bits per heavy atom. The second kappa shape index (κ2) is 15.0. The van der Waals surface area contributed by atoms with E-state index in [1.807, 2.05) is 48.6 Å². The molecule has 12 heteroatoms. The third-order valence-corrected chi connectivity index (χ3v) is 10.7. The van der Waals surface area contributed by atoms with Gasteiger partial charge in [-0.2, -0.15) is 0 Å². The van der Waals surface area contributed by atoms with Crippen molar-refractivity contribution in [2.75, 3.05) is 28.4 Å². The van der Waals surface area contributed by atoms with Crippen LogP contribution in [0.2, 0.25) is 0 Å². The summed E-state index contributed by atoms with van der Waals surface area (Å²) in [6.45, 7) is 0. The van der Waals surface area contributed by atoms with Crippen LogP contribution >= 0.6 is 0 Å². The second-order valence-corrected chi connectivity index (χ2v) is 14.0. The SMILES string of the molecule is COc1ccc(-c2c3nc(c(-c4ccc(OC)cc4O)c4ccc([nH]4)c(-c4ccc(OC)cc4O)c4nc(c(-c5ccc(OC)cc5O)c5ccc2[nH]5)C=C4)C=C3)c(O)c1. The quantitative estimate of drug-likeness (QED) is 0.0868. The predicted molar refractivity (Wildman–Crippen MR) is 233 cm³/mol. The van der Waals surface area contributed by atoms with Crippen molar-refractivity contribution in [2.45, 2.75) is 0 Å². The standard InChI is InChI=1S/C48H38N4O8/c1-57-25-5-9-29(41(53)21-25)45-33-13-15-35(49-33)46(30-10-6-26(58-2)22-42(30)54)37-17-19-39(51-37)48(32-12-8-28(60-4)24-44(32)56)40-20-18-38(52-40)47(36-16-14-34(45)50-36)31-11-7-27(59-3)23-43(31)55/h5-24,49,52-56H,1-4H3. The topological polar surface area (TPSA) is 175 Å². The third-order valence-electron chi connectivity index (χ3n) is 10.7. The van der Waals surface area contributed by atoms with Crippen LogP contribution < -0.4 is 18.9 Å². The van der Waals surface area contributed by atoms with Gasteiger partial charge in [-0.3, -0.25) is 0 Å². The lowest BCUT2D eigenvalue weighted by Crippen LogP contribution is -1.91. The molecule has 4 aromatic carbocycles. The van der Waals surface area contributed by atoms with Crippen LogP contribution in [-0.2, 0) is 0 Å². The number of rotatable bonds is 8.